The van der Waals surface area contributed by atoms with Gasteiger partial charge in [-0.15, -0.1) is 11.3 Å². The Morgan fingerprint density at radius 1 is 1.28 bits per heavy atom. The molecular weight excluding hydrogens is 336 g/mol. The van der Waals surface area contributed by atoms with Crippen LogP contribution >= 0.6 is 27.3 Å². The maximum atomic E-state index is 12.4. The third kappa shape index (κ3) is 2.09. The van der Waals surface area contributed by atoms with Gasteiger partial charge in [0.05, 0.1) is 15.1 Å². The van der Waals surface area contributed by atoms with Gasteiger partial charge < -0.3 is 0 Å². The number of thiazole rings is 1. The van der Waals surface area contributed by atoms with Gasteiger partial charge in [-0.05, 0) is 47.0 Å². The maximum Gasteiger partial charge on any atom is 0.243 e. The molecule has 1 aliphatic heterocycles. The van der Waals surface area contributed by atoms with Gasteiger partial charge >= 0.3 is 0 Å². The molecule has 0 saturated carbocycles. The second-order valence-electron chi connectivity index (χ2n) is 4.21. The van der Waals surface area contributed by atoms with E-state index in [0.717, 1.165) is 27.0 Å². The van der Waals surface area contributed by atoms with Crippen LogP contribution < -0.4 is 0 Å². The van der Waals surface area contributed by atoms with Crippen molar-refractivity contribution in [3.05, 3.63) is 22.1 Å². The Morgan fingerprint density at radius 3 is 2.72 bits per heavy atom. The van der Waals surface area contributed by atoms with Crippen molar-refractivity contribution in [2.45, 2.75) is 17.7 Å². The van der Waals surface area contributed by atoms with Gasteiger partial charge in [0.15, 0.2) is 3.92 Å². The highest BCUT2D eigenvalue weighted by atomic mass is 79.9. The molecule has 1 aromatic carbocycles. The van der Waals surface area contributed by atoms with Crippen molar-refractivity contribution in [2.75, 3.05) is 13.1 Å². The average molecular weight is 347 g/mol. The number of halogens is 1. The molecule has 4 nitrogen and oxygen atoms in total. The van der Waals surface area contributed by atoms with E-state index in [-0.39, 0.29) is 0 Å². The fraction of sp³-hybridized carbons (Fsp3) is 0.364. The summed E-state index contributed by atoms with van der Waals surface area (Å²) in [5.41, 5.74) is 0.826. The van der Waals surface area contributed by atoms with E-state index in [9.17, 15) is 8.42 Å². The minimum atomic E-state index is -3.32. The number of hydrogen-bond acceptors (Lipinski definition) is 4. The van der Waals surface area contributed by atoms with Crippen molar-refractivity contribution in [1.29, 1.82) is 0 Å². The lowest BCUT2D eigenvalue weighted by Gasteiger charge is -2.15. The summed E-state index contributed by atoms with van der Waals surface area (Å²) in [7, 11) is -3.32. The van der Waals surface area contributed by atoms with Crippen LogP contribution in [0.5, 0.6) is 0 Å². The van der Waals surface area contributed by atoms with Crippen LogP contribution in [0.3, 0.4) is 0 Å². The minimum Gasteiger partial charge on any atom is -0.229 e. The Hall–Kier alpha value is -0.500. The molecular formula is C11H11BrN2O2S2. The van der Waals surface area contributed by atoms with Gasteiger partial charge in [-0.1, -0.05) is 0 Å². The molecule has 2 aromatic rings. The van der Waals surface area contributed by atoms with Gasteiger partial charge in [0, 0.05) is 13.1 Å². The summed E-state index contributed by atoms with van der Waals surface area (Å²) >= 11 is 4.76. The van der Waals surface area contributed by atoms with Crippen molar-refractivity contribution < 1.29 is 8.42 Å². The molecule has 0 radical (unpaired) electrons. The first kappa shape index (κ1) is 12.5. The lowest BCUT2D eigenvalue weighted by molar-refractivity contribution is 0.477. The summed E-state index contributed by atoms with van der Waals surface area (Å²) in [4.78, 5) is 4.63. The summed E-state index contributed by atoms with van der Waals surface area (Å²) < 4.78 is 28.0. The molecule has 0 atom stereocenters. The molecule has 1 fully saturated rings. The standard InChI is InChI=1S/C11H11BrN2O2S2/c12-11-13-9-4-3-8(7-10(9)17-11)18(15,16)14-5-1-2-6-14/h3-4,7H,1-2,5-6H2. The summed E-state index contributed by atoms with van der Waals surface area (Å²) in [5.74, 6) is 0. The van der Waals surface area contributed by atoms with E-state index >= 15 is 0 Å². The molecule has 1 saturated heterocycles. The van der Waals surface area contributed by atoms with E-state index in [1.807, 2.05) is 0 Å². The number of sulfonamides is 1. The van der Waals surface area contributed by atoms with E-state index in [1.165, 1.54) is 11.3 Å². The van der Waals surface area contributed by atoms with Crippen LogP contribution in [0.4, 0.5) is 0 Å². The Labute approximate surface area is 118 Å². The number of nitrogens with zero attached hydrogens (tertiary/aromatic N) is 2. The topological polar surface area (TPSA) is 50.3 Å². The zero-order valence-corrected chi connectivity index (χ0v) is 12.7. The number of rotatable bonds is 2. The minimum absolute atomic E-state index is 0.369. The molecule has 2 heterocycles. The van der Waals surface area contributed by atoms with Gasteiger partial charge in [0.2, 0.25) is 10.0 Å². The van der Waals surface area contributed by atoms with Crippen LogP contribution in [0, 0.1) is 0 Å². The molecule has 1 aromatic heterocycles. The lowest BCUT2D eigenvalue weighted by atomic mass is 10.3. The average Bonchev–Trinajstić information content (AvgIpc) is 2.95. The molecule has 0 aliphatic carbocycles. The van der Waals surface area contributed by atoms with Gasteiger partial charge in [0.1, 0.15) is 0 Å². The van der Waals surface area contributed by atoms with Crippen LogP contribution in [-0.2, 0) is 10.0 Å². The summed E-state index contributed by atoms with van der Waals surface area (Å²) in [5, 5.41) is 0. The van der Waals surface area contributed by atoms with Gasteiger partial charge in [-0.2, -0.15) is 4.31 Å². The second-order valence-corrected chi connectivity index (χ2v) is 8.45. The van der Waals surface area contributed by atoms with Crippen LogP contribution in [0.1, 0.15) is 12.8 Å². The Bertz CT molecular complexity index is 690. The van der Waals surface area contributed by atoms with Crippen molar-refractivity contribution in [2.24, 2.45) is 0 Å². The first-order valence-corrected chi connectivity index (χ1v) is 8.68. The number of hydrogen-bond donors (Lipinski definition) is 0. The third-order valence-corrected chi connectivity index (χ3v) is 6.40. The molecule has 0 spiro atoms. The lowest BCUT2D eigenvalue weighted by Crippen LogP contribution is -2.27. The highest BCUT2D eigenvalue weighted by Crippen LogP contribution is 2.29. The number of benzene rings is 1. The molecule has 0 amide bonds. The quantitative estimate of drug-likeness (QED) is 0.839. The SMILES string of the molecule is O=S(=O)(c1ccc2nc(Br)sc2c1)N1CCCC1. The highest BCUT2D eigenvalue weighted by Gasteiger charge is 2.27. The summed E-state index contributed by atoms with van der Waals surface area (Å²) in [6, 6.07) is 5.12. The molecule has 0 bridgehead atoms. The van der Waals surface area contributed by atoms with Crippen LogP contribution in [0.15, 0.2) is 27.0 Å². The van der Waals surface area contributed by atoms with Crippen molar-refractivity contribution in [3.8, 4) is 0 Å². The first-order chi connectivity index (χ1) is 8.57. The molecule has 96 valence electrons. The zero-order chi connectivity index (χ0) is 12.8. The van der Waals surface area contributed by atoms with E-state index in [0.29, 0.717) is 18.0 Å². The Balaban J connectivity index is 2.07. The third-order valence-electron chi connectivity index (χ3n) is 3.04. The summed E-state index contributed by atoms with van der Waals surface area (Å²) in [6.45, 7) is 1.26. The largest absolute Gasteiger partial charge is 0.243 e. The van der Waals surface area contributed by atoms with Crippen LogP contribution in [-0.4, -0.2) is 30.8 Å². The zero-order valence-electron chi connectivity index (χ0n) is 9.47. The maximum absolute atomic E-state index is 12.4. The molecule has 3 rings (SSSR count). The Kier molecular flexibility index (Phi) is 3.17. The fourth-order valence-corrected chi connectivity index (χ4v) is 5.18. The monoisotopic (exact) mass is 346 g/mol. The first-order valence-electron chi connectivity index (χ1n) is 5.63. The van der Waals surface area contributed by atoms with E-state index in [4.69, 9.17) is 0 Å². The Morgan fingerprint density at radius 2 is 2.00 bits per heavy atom. The number of aromatic nitrogens is 1. The molecule has 0 N–H and O–H groups in total. The second kappa shape index (κ2) is 4.56. The van der Waals surface area contributed by atoms with Crippen LogP contribution in [0.25, 0.3) is 10.2 Å². The molecule has 1 aliphatic rings. The van der Waals surface area contributed by atoms with E-state index in [2.05, 4.69) is 20.9 Å². The predicted molar refractivity (Wildman–Crippen MR) is 75.3 cm³/mol. The highest BCUT2D eigenvalue weighted by molar-refractivity contribution is 9.11. The van der Waals surface area contributed by atoms with Gasteiger partial charge in [-0.3, -0.25) is 0 Å². The molecule has 18 heavy (non-hydrogen) atoms. The molecule has 7 heteroatoms. The van der Waals surface area contributed by atoms with Crippen molar-refractivity contribution in [1.82, 2.24) is 9.29 Å². The fourth-order valence-electron chi connectivity index (χ4n) is 2.11. The summed E-state index contributed by atoms with van der Waals surface area (Å²) in [6.07, 6.45) is 1.90. The van der Waals surface area contributed by atoms with E-state index in [1.54, 1.807) is 22.5 Å². The molecule has 0 unspecified atom stereocenters. The van der Waals surface area contributed by atoms with Gasteiger partial charge in [0.25, 0.3) is 0 Å². The number of fused-ring (bicyclic) bond motifs is 1. The normalized spacial score (nSPS) is 17.6. The van der Waals surface area contributed by atoms with Crippen LogP contribution in [0.2, 0.25) is 0 Å². The van der Waals surface area contributed by atoms with Crippen molar-refractivity contribution >= 4 is 47.5 Å². The predicted octanol–water partition coefficient (Wildman–Crippen LogP) is 2.84. The van der Waals surface area contributed by atoms with Crippen molar-refractivity contribution in [3.63, 3.8) is 0 Å². The smallest absolute Gasteiger partial charge is 0.229 e. The van der Waals surface area contributed by atoms with E-state index < -0.39 is 10.0 Å². The van der Waals surface area contributed by atoms with Gasteiger partial charge in [-0.25, -0.2) is 13.4 Å².